The van der Waals surface area contributed by atoms with Gasteiger partial charge in [-0.15, -0.1) is 0 Å². The molecule has 1 aromatic carbocycles. The fraction of sp³-hybridized carbons (Fsp3) is 0.632. The maximum atomic E-state index is 12.4. The van der Waals surface area contributed by atoms with E-state index in [4.69, 9.17) is 9.47 Å². The second kappa shape index (κ2) is 7.88. The zero-order valence-corrected chi connectivity index (χ0v) is 14.8. The summed E-state index contributed by atoms with van der Waals surface area (Å²) in [4.78, 5) is 16.6. The van der Waals surface area contributed by atoms with Gasteiger partial charge in [0.15, 0.2) is 11.5 Å². The maximum Gasteiger partial charge on any atom is 0.222 e. The van der Waals surface area contributed by atoms with Crippen molar-refractivity contribution in [1.29, 1.82) is 0 Å². The number of fused-ring (bicyclic) bond motifs is 1. The Kier molecular flexibility index (Phi) is 5.61. The number of carbonyl (C=O) groups excluding carboxylic acids is 1. The summed E-state index contributed by atoms with van der Waals surface area (Å²) in [7, 11) is 4.07. The smallest absolute Gasteiger partial charge is 0.222 e. The van der Waals surface area contributed by atoms with Crippen molar-refractivity contribution in [1.82, 2.24) is 9.80 Å². The number of rotatable bonds is 5. The van der Waals surface area contributed by atoms with Crippen LogP contribution in [0.5, 0.6) is 11.5 Å². The van der Waals surface area contributed by atoms with E-state index in [1.54, 1.807) is 0 Å². The van der Waals surface area contributed by atoms with Crippen molar-refractivity contribution in [3.63, 3.8) is 0 Å². The summed E-state index contributed by atoms with van der Waals surface area (Å²) < 4.78 is 11.4. The Hall–Kier alpha value is -1.75. The minimum absolute atomic E-state index is 0.219. The molecule has 1 aromatic rings. The predicted molar refractivity (Wildman–Crippen MR) is 93.6 cm³/mol. The largest absolute Gasteiger partial charge is 0.490 e. The second-order valence-corrected chi connectivity index (χ2v) is 7.02. The van der Waals surface area contributed by atoms with Gasteiger partial charge in [-0.1, -0.05) is 6.07 Å². The fourth-order valence-corrected chi connectivity index (χ4v) is 3.47. The Morgan fingerprint density at radius 1 is 1.29 bits per heavy atom. The standard InChI is InChI=1S/C19H28N2O3/c1-20-9-8-16(13-20)14-21(2)19(22)7-5-15-4-6-17-18(12-15)24-11-3-10-23-17/h4,6,12,16H,3,5,7-11,13-14H2,1-2H3. The summed E-state index contributed by atoms with van der Waals surface area (Å²) in [6, 6.07) is 6.01. The number of amides is 1. The van der Waals surface area contributed by atoms with Crippen LogP contribution in [0.1, 0.15) is 24.8 Å². The summed E-state index contributed by atoms with van der Waals surface area (Å²) in [6.07, 6.45) is 3.38. The number of carbonyl (C=O) groups is 1. The van der Waals surface area contributed by atoms with Gasteiger partial charge >= 0.3 is 0 Å². The fourth-order valence-electron chi connectivity index (χ4n) is 3.47. The highest BCUT2D eigenvalue weighted by Crippen LogP contribution is 2.30. The van der Waals surface area contributed by atoms with Crippen molar-refractivity contribution in [3.05, 3.63) is 23.8 Å². The summed E-state index contributed by atoms with van der Waals surface area (Å²) in [6.45, 7) is 4.49. The molecule has 0 radical (unpaired) electrons. The SMILES string of the molecule is CN1CCC(CN(C)C(=O)CCc2ccc3c(c2)OCCCO3)C1. The minimum atomic E-state index is 0.219. The summed E-state index contributed by atoms with van der Waals surface area (Å²) in [5, 5.41) is 0. The number of nitrogens with zero attached hydrogens (tertiary/aromatic N) is 2. The molecule has 1 fully saturated rings. The van der Waals surface area contributed by atoms with Crippen molar-refractivity contribution in [2.45, 2.75) is 25.7 Å². The average Bonchev–Trinajstić information content (AvgIpc) is 2.84. The number of ether oxygens (including phenoxy) is 2. The normalized spacial score (nSPS) is 20.7. The van der Waals surface area contributed by atoms with Crippen molar-refractivity contribution in [2.75, 3.05) is 46.9 Å². The van der Waals surface area contributed by atoms with Crippen LogP contribution in [-0.4, -0.2) is 62.7 Å². The lowest BCUT2D eigenvalue weighted by atomic mass is 10.1. The molecule has 3 rings (SSSR count). The number of benzene rings is 1. The van der Waals surface area contributed by atoms with E-state index in [2.05, 4.69) is 11.9 Å². The first kappa shape index (κ1) is 17.1. The van der Waals surface area contributed by atoms with E-state index >= 15 is 0 Å². The molecule has 1 amide bonds. The number of hydrogen-bond acceptors (Lipinski definition) is 4. The quantitative estimate of drug-likeness (QED) is 0.829. The van der Waals surface area contributed by atoms with Gasteiger partial charge < -0.3 is 19.3 Å². The van der Waals surface area contributed by atoms with Crippen LogP contribution in [-0.2, 0) is 11.2 Å². The molecule has 2 heterocycles. The van der Waals surface area contributed by atoms with Gasteiger partial charge in [0.2, 0.25) is 5.91 Å². The Morgan fingerprint density at radius 3 is 2.83 bits per heavy atom. The Bertz CT molecular complexity index is 576. The van der Waals surface area contributed by atoms with Gasteiger partial charge in [0.1, 0.15) is 0 Å². The number of hydrogen-bond donors (Lipinski definition) is 0. The van der Waals surface area contributed by atoms with Gasteiger partial charge in [-0.3, -0.25) is 4.79 Å². The van der Waals surface area contributed by atoms with Gasteiger partial charge in [0.25, 0.3) is 0 Å². The molecule has 0 aliphatic carbocycles. The molecule has 5 nitrogen and oxygen atoms in total. The van der Waals surface area contributed by atoms with Crippen molar-refractivity contribution < 1.29 is 14.3 Å². The second-order valence-electron chi connectivity index (χ2n) is 7.02. The Morgan fingerprint density at radius 2 is 2.08 bits per heavy atom. The molecule has 0 bridgehead atoms. The third-order valence-corrected chi connectivity index (χ3v) is 4.89. The zero-order chi connectivity index (χ0) is 16.9. The highest BCUT2D eigenvalue weighted by atomic mass is 16.5. The lowest BCUT2D eigenvalue weighted by Crippen LogP contribution is -2.32. The predicted octanol–water partition coefficient (Wildman–Crippen LogP) is 2.19. The average molecular weight is 332 g/mol. The first-order valence-electron chi connectivity index (χ1n) is 8.93. The first-order chi connectivity index (χ1) is 11.6. The molecule has 1 atom stereocenters. The van der Waals surface area contributed by atoms with Gasteiger partial charge in [0.05, 0.1) is 13.2 Å². The van der Waals surface area contributed by atoms with Crippen molar-refractivity contribution in [2.24, 2.45) is 5.92 Å². The third-order valence-electron chi connectivity index (χ3n) is 4.89. The van der Waals surface area contributed by atoms with Crippen LogP contribution in [0.15, 0.2) is 18.2 Å². The first-order valence-corrected chi connectivity index (χ1v) is 8.93. The minimum Gasteiger partial charge on any atom is -0.490 e. The summed E-state index contributed by atoms with van der Waals surface area (Å²) in [5.74, 6) is 2.45. The number of aryl methyl sites for hydroxylation is 1. The lowest BCUT2D eigenvalue weighted by molar-refractivity contribution is -0.130. The van der Waals surface area contributed by atoms with E-state index in [1.807, 2.05) is 30.1 Å². The van der Waals surface area contributed by atoms with E-state index in [-0.39, 0.29) is 5.91 Å². The van der Waals surface area contributed by atoms with E-state index < -0.39 is 0 Å². The molecule has 0 saturated carbocycles. The van der Waals surface area contributed by atoms with Crippen LogP contribution in [0.2, 0.25) is 0 Å². The lowest BCUT2D eigenvalue weighted by Gasteiger charge is -2.21. The highest BCUT2D eigenvalue weighted by molar-refractivity contribution is 5.76. The molecule has 132 valence electrons. The van der Waals surface area contributed by atoms with Crippen LogP contribution in [0.3, 0.4) is 0 Å². The maximum absolute atomic E-state index is 12.4. The van der Waals surface area contributed by atoms with Gasteiger partial charge in [-0.2, -0.15) is 0 Å². The van der Waals surface area contributed by atoms with Crippen LogP contribution < -0.4 is 9.47 Å². The molecule has 2 aliphatic heterocycles. The van der Waals surface area contributed by atoms with Crippen LogP contribution in [0.25, 0.3) is 0 Å². The van der Waals surface area contributed by atoms with Crippen LogP contribution in [0, 0.1) is 5.92 Å². The third kappa shape index (κ3) is 4.41. The molecular weight excluding hydrogens is 304 g/mol. The van der Waals surface area contributed by atoms with Gasteiger partial charge in [-0.05, 0) is 50.0 Å². The summed E-state index contributed by atoms with van der Waals surface area (Å²) in [5.41, 5.74) is 1.13. The van der Waals surface area contributed by atoms with Crippen LogP contribution >= 0.6 is 0 Å². The van der Waals surface area contributed by atoms with Gasteiger partial charge in [0, 0.05) is 33.0 Å². The molecular formula is C19H28N2O3. The molecule has 0 spiro atoms. The molecule has 2 aliphatic rings. The topological polar surface area (TPSA) is 42.0 Å². The molecule has 24 heavy (non-hydrogen) atoms. The Labute approximate surface area is 144 Å². The molecule has 0 N–H and O–H groups in total. The monoisotopic (exact) mass is 332 g/mol. The highest BCUT2D eigenvalue weighted by Gasteiger charge is 2.22. The van der Waals surface area contributed by atoms with E-state index in [1.165, 1.54) is 6.42 Å². The molecule has 5 heteroatoms. The van der Waals surface area contributed by atoms with Crippen LogP contribution in [0.4, 0.5) is 0 Å². The van der Waals surface area contributed by atoms with E-state index in [9.17, 15) is 4.79 Å². The Balaban J connectivity index is 1.49. The zero-order valence-electron chi connectivity index (χ0n) is 14.8. The molecule has 1 saturated heterocycles. The molecule has 1 unspecified atom stereocenters. The van der Waals surface area contributed by atoms with E-state index in [0.717, 1.165) is 49.5 Å². The molecule has 0 aromatic heterocycles. The van der Waals surface area contributed by atoms with E-state index in [0.29, 0.717) is 25.6 Å². The van der Waals surface area contributed by atoms with Crippen molar-refractivity contribution >= 4 is 5.91 Å². The van der Waals surface area contributed by atoms with Gasteiger partial charge in [-0.25, -0.2) is 0 Å². The number of likely N-dealkylation sites (tertiary alicyclic amines) is 1. The van der Waals surface area contributed by atoms with Crippen molar-refractivity contribution in [3.8, 4) is 11.5 Å². The summed E-state index contributed by atoms with van der Waals surface area (Å²) >= 11 is 0.